The van der Waals surface area contributed by atoms with Gasteiger partial charge in [0.15, 0.2) is 0 Å². The molecule has 12 heavy (non-hydrogen) atoms. The van der Waals surface area contributed by atoms with Crippen LogP contribution in [-0.2, 0) is 14.3 Å². The maximum atomic E-state index is 10.6. The Kier molecular flexibility index (Phi) is 5.34. The van der Waals surface area contributed by atoms with E-state index in [2.05, 4.69) is 0 Å². The highest BCUT2D eigenvalue weighted by molar-refractivity contribution is 5.75. The molecule has 0 aromatic heterocycles. The number of rotatable bonds is 5. The molecule has 0 bridgehead atoms. The van der Waals surface area contributed by atoms with Crippen molar-refractivity contribution in [2.45, 2.75) is 33.6 Å². The van der Waals surface area contributed by atoms with Gasteiger partial charge in [0.1, 0.15) is 5.78 Å². The Hall–Kier alpha value is -0.860. The lowest BCUT2D eigenvalue weighted by Crippen LogP contribution is -2.10. The first-order valence-electron chi connectivity index (χ1n) is 4.15. The zero-order chi connectivity index (χ0) is 9.56. The second-order valence-corrected chi connectivity index (χ2v) is 3.15. The summed E-state index contributed by atoms with van der Waals surface area (Å²) in [5.41, 5.74) is 0. The second-order valence-electron chi connectivity index (χ2n) is 3.15. The van der Waals surface area contributed by atoms with Crippen molar-refractivity contribution in [2.24, 2.45) is 5.92 Å². The monoisotopic (exact) mass is 172 g/mol. The van der Waals surface area contributed by atoms with Crippen LogP contribution in [0.2, 0.25) is 0 Å². The summed E-state index contributed by atoms with van der Waals surface area (Å²) in [5, 5.41) is 0. The quantitative estimate of drug-likeness (QED) is 0.591. The average molecular weight is 172 g/mol. The van der Waals surface area contributed by atoms with E-state index in [1.807, 2.05) is 6.92 Å². The van der Waals surface area contributed by atoms with Gasteiger partial charge in [-0.15, -0.1) is 0 Å². The second kappa shape index (κ2) is 5.75. The molecule has 0 aliphatic rings. The normalized spacial score (nSPS) is 12.2. The first-order chi connectivity index (χ1) is 5.52. The minimum atomic E-state index is -0.260. The number of ether oxygens (including phenoxy) is 1. The van der Waals surface area contributed by atoms with Gasteiger partial charge in [0.25, 0.3) is 0 Å². The number of Topliss-reactive ketones (excluding diaryl/α,β-unsaturated/α-hetero) is 1. The van der Waals surface area contributed by atoms with E-state index in [4.69, 9.17) is 4.74 Å². The van der Waals surface area contributed by atoms with Crippen LogP contribution >= 0.6 is 0 Å². The maximum absolute atomic E-state index is 10.6. The molecule has 0 spiro atoms. The molecular weight excluding hydrogens is 156 g/mol. The summed E-state index contributed by atoms with van der Waals surface area (Å²) >= 11 is 0. The predicted molar refractivity (Wildman–Crippen MR) is 45.7 cm³/mol. The molecule has 0 radical (unpaired) electrons. The minimum absolute atomic E-state index is 0.185. The van der Waals surface area contributed by atoms with E-state index in [0.717, 1.165) is 6.42 Å². The van der Waals surface area contributed by atoms with E-state index in [9.17, 15) is 9.59 Å². The van der Waals surface area contributed by atoms with Crippen LogP contribution in [0.5, 0.6) is 0 Å². The highest BCUT2D eigenvalue weighted by atomic mass is 16.5. The van der Waals surface area contributed by atoms with E-state index >= 15 is 0 Å². The molecule has 70 valence electrons. The number of esters is 1. The lowest BCUT2D eigenvalue weighted by Gasteiger charge is -2.09. The zero-order valence-electron chi connectivity index (χ0n) is 7.92. The largest absolute Gasteiger partial charge is 0.466 e. The van der Waals surface area contributed by atoms with Crippen molar-refractivity contribution in [1.29, 1.82) is 0 Å². The molecular formula is C9H16O3. The van der Waals surface area contributed by atoms with Crippen molar-refractivity contribution in [2.75, 3.05) is 6.61 Å². The zero-order valence-corrected chi connectivity index (χ0v) is 7.92. The fourth-order valence-corrected chi connectivity index (χ4v) is 0.793. The van der Waals surface area contributed by atoms with Gasteiger partial charge in [-0.05, 0) is 19.3 Å². The van der Waals surface area contributed by atoms with Crippen LogP contribution in [0.15, 0.2) is 0 Å². The van der Waals surface area contributed by atoms with Crippen molar-refractivity contribution in [3.63, 3.8) is 0 Å². The van der Waals surface area contributed by atoms with Crippen LogP contribution in [0.4, 0.5) is 0 Å². The number of carbonyl (C=O) groups is 2. The fraction of sp³-hybridized carbons (Fsp3) is 0.778. The van der Waals surface area contributed by atoms with E-state index in [1.165, 1.54) is 6.92 Å². The average Bonchev–Trinajstić information content (AvgIpc) is 1.96. The van der Waals surface area contributed by atoms with Gasteiger partial charge in [-0.25, -0.2) is 0 Å². The lowest BCUT2D eigenvalue weighted by molar-refractivity contribution is -0.142. The Balaban J connectivity index is 3.39. The summed E-state index contributed by atoms with van der Waals surface area (Å²) in [6.07, 6.45) is 1.37. The third-order valence-corrected chi connectivity index (χ3v) is 1.56. The van der Waals surface area contributed by atoms with E-state index in [0.29, 0.717) is 13.0 Å². The molecule has 0 rings (SSSR count). The predicted octanol–water partition coefficient (Wildman–Crippen LogP) is 1.55. The van der Waals surface area contributed by atoms with Gasteiger partial charge in [-0.3, -0.25) is 4.79 Å². The molecule has 1 atom stereocenters. The molecule has 0 aromatic rings. The first kappa shape index (κ1) is 11.1. The van der Waals surface area contributed by atoms with Gasteiger partial charge >= 0.3 is 5.97 Å². The first-order valence-corrected chi connectivity index (χ1v) is 4.15. The number of carbonyl (C=O) groups excluding carboxylic acids is 2. The Morgan fingerprint density at radius 1 is 1.33 bits per heavy atom. The van der Waals surface area contributed by atoms with Gasteiger partial charge in [0.05, 0.1) is 6.61 Å². The molecule has 0 amide bonds. The van der Waals surface area contributed by atoms with Gasteiger partial charge in [-0.2, -0.15) is 0 Å². The van der Waals surface area contributed by atoms with E-state index < -0.39 is 0 Å². The highest BCUT2D eigenvalue weighted by Gasteiger charge is 2.05. The summed E-state index contributed by atoms with van der Waals surface area (Å²) < 4.78 is 4.79. The highest BCUT2D eigenvalue weighted by Crippen LogP contribution is 2.06. The van der Waals surface area contributed by atoms with Crippen molar-refractivity contribution in [3.05, 3.63) is 0 Å². The number of ketones is 1. The molecule has 0 aliphatic carbocycles. The van der Waals surface area contributed by atoms with Gasteiger partial charge < -0.3 is 9.53 Å². The standard InChI is InChI=1S/C9H16O3/c1-7(4-5-8(2)10)6-12-9(3)11/h7H,4-6H2,1-3H3/t7-/m1/s1. The maximum Gasteiger partial charge on any atom is 0.302 e. The third kappa shape index (κ3) is 7.25. The van der Waals surface area contributed by atoms with Crippen LogP contribution in [-0.4, -0.2) is 18.4 Å². The van der Waals surface area contributed by atoms with Crippen molar-refractivity contribution < 1.29 is 14.3 Å². The fourth-order valence-electron chi connectivity index (χ4n) is 0.793. The molecule has 0 aromatic carbocycles. The summed E-state index contributed by atoms with van der Waals surface area (Å²) in [5.74, 6) is 0.201. The van der Waals surface area contributed by atoms with Gasteiger partial charge in [0, 0.05) is 13.3 Å². The Labute approximate surface area is 73.1 Å². The van der Waals surface area contributed by atoms with Crippen LogP contribution < -0.4 is 0 Å². The van der Waals surface area contributed by atoms with E-state index in [-0.39, 0.29) is 17.7 Å². The molecule has 3 nitrogen and oxygen atoms in total. The SMILES string of the molecule is CC(=O)CC[C@@H](C)COC(C)=O. The van der Waals surface area contributed by atoms with Crippen LogP contribution in [0.25, 0.3) is 0 Å². The number of hydrogen-bond acceptors (Lipinski definition) is 3. The van der Waals surface area contributed by atoms with Crippen molar-refractivity contribution in [3.8, 4) is 0 Å². The molecule has 0 saturated heterocycles. The Morgan fingerprint density at radius 3 is 2.33 bits per heavy atom. The van der Waals surface area contributed by atoms with E-state index in [1.54, 1.807) is 6.92 Å². The van der Waals surface area contributed by atoms with Crippen molar-refractivity contribution in [1.82, 2.24) is 0 Å². The third-order valence-electron chi connectivity index (χ3n) is 1.56. The summed E-state index contributed by atoms with van der Waals surface area (Å²) in [7, 11) is 0. The van der Waals surface area contributed by atoms with Crippen LogP contribution in [0.3, 0.4) is 0 Å². The minimum Gasteiger partial charge on any atom is -0.466 e. The van der Waals surface area contributed by atoms with Crippen LogP contribution in [0, 0.1) is 5.92 Å². The molecule has 0 saturated carbocycles. The van der Waals surface area contributed by atoms with Gasteiger partial charge in [-0.1, -0.05) is 6.92 Å². The summed E-state index contributed by atoms with van der Waals surface area (Å²) in [6.45, 7) is 5.34. The lowest BCUT2D eigenvalue weighted by atomic mass is 10.1. The van der Waals surface area contributed by atoms with Crippen LogP contribution in [0.1, 0.15) is 33.6 Å². The Bertz CT molecular complexity index is 145. The summed E-state index contributed by atoms with van der Waals surface area (Å²) in [6, 6.07) is 0. The Morgan fingerprint density at radius 2 is 1.92 bits per heavy atom. The summed E-state index contributed by atoms with van der Waals surface area (Å²) in [4.78, 5) is 21.0. The molecule has 0 heterocycles. The molecule has 0 aliphatic heterocycles. The topological polar surface area (TPSA) is 43.4 Å². The molecule has 3 heteroatoms. The molecule has 0 N–H and O–H groups in total. The molecule has 0 fully saturated rings. The number of hydrogen-bond donors (Lipinski definition) is 0. The smallest absolute Gasteiger partial charge is 0.302 e. The van der Waals surface area contributed by atoms with Gasteiger partial charge in [0.2, 0.25) is 0 Å². The van der Waals surface area contributed by atoms with Crippen molar-refractivity contribution >= 4 is 11.8 Å². The molecule has 0 unspecified atom stereocenters.